The van der Waals surface area contributed by atoms with Gasteiger partial charge in [0.1, 0.15) is 5.39 Å². The third kappa shape index (κ3) is 0.829. The molecule has 1 aromatic heterocycles. The van der Waals surface area contributed by atoms with Crippen molar-refractivity contribution in [2.75, 3.05) is 0 Å². The van der Waals surface area contributed by atoms with Gasteiger partial charge in [-0.2, -0.15) is 0 Å². The van der Waals surface area contributed by atoms with Gasteiger partial charge in [-0.05, 0) is 12.1 Å². The third-order valence-corrected chi connectivity index (χ3v) is 1.37. The molecule has 0 N–H and O–H groups in total. The minimum atomic E-state index is -0.00815. The third-order valence-electron chi connectivity index (χ3n) is 1.37. The van der Waals surface area contributed by atoms with Crippen LogP contribution in [0.5, 0.6) is 0 Å². The van der Waals surface area contributed by atoms with Crippen molar-refractivity contribution in [3.05, 3.63) is 29.2 Å². The van der Waals surface area contributed by atoms with Crippen LogP contribution in [0.15, 0.2) is 28.7 Å². The Morgan fingerprint density at radius 1 is 1.36 bits per heavy atom. The monoisotopic (exact) mass is 146 g/mol. The van der Waals surface area contributed by atoms with Gasteiger partial charge in [0.25, 0.3) is 0 Å². The predicted molar refractivity (Wildman–Crippen MR) is 38.8 cm³/mol. The van der Waals surface area contributed by atoms with Crippen molar-refractivity contribution in [3.63, 3.8) is 0 Å². The van der Waals surface area contributed by atoms with E-state index in [9.17, 15) is 0 Å². The molecule has 1 heterocycles. The minimum Gasteiger partial charge on any atom is -0.369 e. The SMILES string of the molecule is N#[N+]c1nc2ccccc2o1. The van der Waals surface area contributed by atoms with Crippen LogP contribution in [0, 0.1) is 5.39 Å². The molecule has 52 valence electrons. The molecular weight excluding hydrogens is 142 g/mol. The highest BCUT2D eigenvalue weighted by Crippen LogP contribution is 2.19. The predicted octanol–water partition coefficient (Wildman–Crippen LogP) is 2.31. The van der Waals surface area contributed by atoms with E-state index in [2.05, 4.69) is 9.96 Å². The van der Waals surface area contributed by atoms with E-state index in [4.69, 9.17) is 9.81 Å². The van der Waals surface area contributed by atoms with Gasteiger partial charge in [0, 0.05) is 4.98 Å². The van der Waals surface area contributed by atoms with Crippen molar-refractivity contribution < 1.29 is 4.42 Å². The van der Waals surface area contributed by atoms with Crippen LogP contribution in [0.2, 0.25) is 0 Å². The first-order valence-corrected chi connectivity index (χ1v) is 3.11. The first-order chi connectivity index (χ1) is 5.40. The summed E-state index contributed by atoms with van der Waals surface area (Å²) in [6.45, 7) is 0. The van der Waals surface area contributed by atoms with Gasteiger partial charge in [0.2, 0.25) is 5.52 Å². The Morgan fingerprint density at radius 3 is 2.91 bits per heavy atom. The zero-order valence-electron chi connectivity index (χ0n) is 5.56. The number of nitrogens with zero attached hydrogens (tertiary/aromatic N) is 3. The molecule has 0 radical (unpaired) electrons. The summed E-state index contributed by atoms with van der Waals surface area (Å²) >= 11 is 0. The summed E-state index contributed by atoms with van der Waals surface area (Å²) in [5.41, 5.74) is 1.32. The van der Waals surface area contributed by atoms with Gasteiger partial charge in [-0.25, -0.2) is 0 Å². The fourth-order valence-corrected chi connectivity index (χ4v) is 0.903. The molecule has 1 aromatic carbocycles. The Hall–Kier alpha value is -1.89. The molecule has 0 bridgehead atoms. The molecule has 0 spiro atoms. The number of rotatable bonds is 0. The Bertz CT molecular complexity index is 393. The highest BCUT2D eigenvalue weighted by Gasteiger charge is 2.15. The lowest BCUT2D eigenvalue weighted by molar-refractivity contribution is 0.629. The van der Waals surface area contributed by atoms with Crippen molar-refractivity contribution >= 4 is 17.1 Å². The number of hydrogen-bond donors (Lipinski definition) is 0. The first-order valence-electron chi connectivity index (χ1n) is 3.11. The summed E-state index contributed by atoms with van der Waals surface area (Å²) in [4.78, 5) is 6.68. The van der Waals surface area contributed by atoms with Gasteiger partial charge in [0.05, 0.1) is 4.98 Å². The lowest BCUT2D eigenvalue weighted by atomic mass is 10.3. The number of hydrogen-bond acceptors (Lipinski definition) is 3. The maximum atomic E-state index is 8.31. The molecule has 4 nitrogen and oxygen atoms in total. The summed E-state index contributed by atoms with van der Waals surface area (Å²) in [6.07, 6.45) is 0. The van der Waals surface area contributed by atoms with Crippen LogP contribution >= 0.6 is 0 Å². The van der Waals surface area contributed by atoms with Gasteiger partial charge >= 0.3 is 6.01 Å². The van der Waals surface area contributed by atoms with E-state index < -0.39 is 0 Å². The van der Waals surface area contributed by atoms with E-state index in [-0.39, 0.29) is 6.01 Å². The molecule has 0 fully saturated rings. The quantitative estimate of drug-likeness (QED) is 0.536. The Kier molecular flexibility index (Phi) is 1.10. The maximum absolute atomic E-state index is 8.31. The summed E-state index contributed by atoms with van der Waals surface area (Å²) in [6, 6.07) is 7.21. The van der Waals surface area contributed by atoms with Crippen molar-refractivity contribution in [3.8, 4) is 0 Å². The second-order valence-electron chi connectivity index (χ2n) is 2.06. The van der Waals surface area contributed by atoms with E-state index in [1.54, 1.807) is 12.1 Å². The van der Waals surface area contributed by atoms with Crippen molar-refractivity contribution in [1.82, 2.24) is 4.98 Å². The summed E-state index contributed by atoms with van der Waals surface area (Å²) in [5, 5.41) is 8.31. The molecule has 4 heteroatoms. The largest absolute Gasteiger partial charge is 0.645 e. The van der Waals surface area contributed by atoms with Crippen molar-refractivity contribution in [2.45, 2.75) is 0 Å². The molecule has 0 saturated heterocycles. The minimum absolute atomic E-state index is 0.00815. The van der Waals surface area contributed by atoms with Crippen LogP contribution in [0.4, 0.5) is 6.01 Å². The fourth-order valence-electron chi connectivity index (χ4n) is 0.903. The molecule has 0 aliphatic heterocycles. The fraction of sp³-hybridized carbons (Fsp3) is 0. The van der Waals surface area contributed by atoms with Gasteiger partial charge in [-0.3, -0.25) is 0 Å². The average Bonchev–Trinajstić information content (AvgIpc) is 2.46. The molecule has 11 heavy (non-hydrogen) atoms. The van der Waals surface area contributed by atoms with E-state index in [0.29, 0.717) is 11.1 Å². The zero-order chi connectivity index (χ0) is 7.68. The van der Waals surface area contributed by atoms with Crippen LogP contribution in [-0.2, 0) is 0 Å². The topological polar surface area (TPSA) is 54.2 Å². The van der Waals surface area contributed by atoms with Crippen molar-refractivity contribution in [2.24, 2.45) is 0 Å². The molecule has 2 rings (SSSR count). The number of oxazole rings is 1. The van der Waals surface area contributed by atoms with Crippen LogP contribution in [-0.4, -0.2) is 4.98 Å². The maximum Gasteiger partial charge on any atom is 0.645 e. The number of benzene rings is 1. The molecule has 0 unspecified atom stereocenters. The lowest BCUT2D eigenvalue weighted by Gasteiger charge is -1.74. The summed E-state index contributed by atoms with van der Waals surface area (Å²) in [7, 11) is 0. The Balaban J connectivity index is 2.81. The standard InChI is InChI=1S/C7H4N3O/c8-10-7-9-5-3-1-2-4-6(5)11-7/h1-4H/q+1. The second-order valence-corrected chi connectivity index (χ2v) is 2.06. The molecule has 0 amide bonds. The van der Waals surface area contributed by atoms with Crippen LogP contribution in [0.3, 0.4) is 0 Å². The lowest BCUT2D eigenvalue weighted by Crippen LogP contribution is -1.62. The molecule has 0 saturated carbocycles. The number of diazo groups is 1. The van der Waals surface area contributed by atoms with E-state index in [1.165, 1.54) is 0 Å². The summed E-state index contributed by atoms with van der Waals surface area (Å²) in [5.74, 6) is 0. The molecule has 0 aliphatic rings. The van der Waals surface area contributed by atoms with E-state index in [1.807, 2.05) is 12.1 Å². The van der Waals surface area contributed by atoms with Gasteiger partial charge in [-0.15, -0.1) is 0 Å². The van der Waals surface area contributed by atoms with Gasteiger partial charge in [0.15, 0.2) is 5.58 Å². The highest BCUT2D eigenvalue weighted by molar-refractivity contribution is 5.74. The normalized spacial score (nSPS) is 9.73. The number of fused-ring (bicyclic) bond motifs is 1. The van der Waals surface area contributed by atoms with Gasteiger partial charge < -0.3 is 4.42 Å². The summed E-state index contributed by atoms with van der Waals surface area (Å²) < 4.78 is 4.99. The molecular formula is C7H4N3O+. The van der Waals surface area contributed by atoms with Crippen LogP contribution in [0.1, 0.15) is 0 Å². The number of aromatic nitrogens is 1. The van der Waals surface area contributed by atoms with Crippen LogP contribution < -0.4 is 0 Å². The van der Waals surface area contributed by atoms with Crippen molar-refractivity contribution in [1.29, 1.82) is 5.39 Å². The van der Waals surface area contributed by atoms with E-state index in [0.717, 1.165) is 0 Å². The van der Waals surface area contributed by atoms with Crippen LogP contribution in [0.25, 0.3) is 16.1 Å². The van der Waals surface area contributed by atoms with Gasteiger partial charge in [-0.1, -0.05) is 12.1 Å². The zero-order valence-corrected chi connectivity index (χ0v) is 5.56. The highest BCUT2D eigenvalue weighted by atomic mass is 16.4. The van der Waals surface area contributed by atoms with E-state index >= 15 is 0 Å². The molecule has 0 atom stereocenters. The average molecular weight is 146 g/mol. The Labute approximate surface area is 62.1 Å². The Morgan fingerprint density at radius 2 is 2.18 bits per heavy atom. The molecule has 2 aromatic rings. The second kappa shape index (κ2) is 2.06. The number of para-hydroxylation sites is 2. The first kappa shape index (κ1) is 5.86. The smallest absolute Gasteiger partial charge is 0.369 e. The molecule has 0 aliphatic carbocycles.